The molecule has 1 aromatic carbocycles. The standard InChI is InChI=1S/C21H24F3N3O2/c1-11(2)27(3)20(28)17-14-5-4-13(10-14)16(17)19-25-18(26-29-19)12-6-8-15(9-7-12)21(22,23)24/h6-9,11,13-14,16-17H,4-5,10H2,1-3H3/t13-,14+,16+,17+/m1/s1. The van der Waals surface area contributed by atoms with Gasteiger partial charge in [0.1, 0.15) is 0 Å². The molecule has 0 radical (unpaired) electrons. The summed E-state index contributed by atoms with van der Waals surface area (Å²) in [5.41, 5.74) is -0.265. The molecule has 2 aliphatic rings. The van der Waals surface area contributed by atoms with Gasteiger partial charge in [0.25, 0.3) is 0 Å². The lowest BCUT2D eigenvalue weighted by atomic mass is 9.78. The first kappa shape index (κ1) is 19.9. The predicted molar refractivity (Wildman–Crippen MR) is 99.7 cm³/mol. The van der Waals surface area contributed by atoms with Crippen LogP contribution in [0.1, 0.15) is 50.5 Å². The molecule has 2 fully saturated rings. The van der Waals surface area contributed by atoms with Crippen molar-refractivity contribution >= 4 is 5.91 Å². The molecule has 156 valence electrons. The Labute approximate surface area is 167 Å². The fraction of sp³-hybridized carbons (Fsp3) is 0.571. The van der Waals surface area contributed by atoms with Gasteiger partial charge in [-0.1, -0.05) is 17.3 Å². The highest BCUT2D eigenvalue weighted by molar-refractivity contribution is 5.81. The zero-order chi connectivity index (χ0) is 20.9. The molecular weight excluding hydrogens is 383 g/mol. The third-order valence-corrected chi connectivity index (χ3v) is 6.52. The topological polar surface area (TPSA) is 59.2 Å². The maximum absolute atomic E-state index is 13.1. The van der Waals surface area contributed by atoms with Crippen molar-refractivity contribution in [1.29, 1.82) is 0 Å². The van der Waals surface area contributed by atoms with E-state index >= 15 is 0 Å². The van der Waals surface area contributed by atoms with Gasteiger partial charge >= 0.3 is 6.18 Å². The minimum absolute atomic E-state index is 0.103. The van der Waals surface area contributed by atoms with Crippen molar-refractivity contribution in [3.8, 4) is 11.4 Å². The number of fused-ring (bicyclic) bond motifs is 2. The summed E-state index contributed by atoms with van der Waals surface area (Å²) in [6, 6.07) is 4.80. The van der Waals surface area contributed by atoms with Crippen LogP contribution in [0.25, 0.3) is 11.4 Å². The van der Waals surface area contributed by atoms with E-state index in [4.69, 9.17) is 4.52 Å². The zero-order valence-corrected chi connectivity index (χ0v) is 16.6. The average Bonchev–Trinajstić information content (AvgIpc) is 3.41. The molecule has 0 unspecified atom stereocenters. The van der Waals surface area contributed by atoms with Crippen molar-refractivity contribution < 1.29 is 22.5 Å². The summed E-state index contributed by atoms with van der Waals surface area (Å²) < 4.78 is 43.8. The third kappa shape index (κ3) is 3.53. The lowest BCUT2D eigenvalue weighted by Gasteiger charge is -2.32. The molecule has 2 aromatic rings. The molecule has 4 rings (SSSR count). The summed E-state index contributed by atoms with van der Waals surface area (Å²) in [6.45, 7) is 3.96. The van der Waals surface area contributed by atoms with E-state index in [1.54, 1.807) is 4.90 Å². The minimum Gasteiger partial charge on any atom is -0.343 e. The number of benzene rings is 1. The summed E-state index contributed by atoms with van der Waals surface area (Å²) in [5.74, 6) is 1.12. The quantitative estimate of drug-likeness (QED) is 0.734. The fourth-order valence-corrected chi connectivity index (χ4v) is 4.79. The highest BCUT2D eigenvalue weighted by Crippen LogP contribution is 2.57. The largest absolute Gasteiger partial charge is 0.416 e. The normalized spacial score (nSPS) is 26.3. The maximum Gasteiger partial charge on any atom is 0.416 e. The molecule has 2 saturated carbocycles. The molecule has 2 aliphatic carbocycles. The number of nitrogens with zero attached hydrogens (tertiary/aromatic N) is 3. The number of hydrogen-bond acceptors (Lipinski definition) is 4. The van der Waals surface area contributed by atoms with Crippen LogP contribution < -0.4 is 0 Å². The number of carbonyl (C=O) groups is 1. The predicted octanol–water partition coefficient (Wildman–Crippen LogP) is 4.75. The fourth-order valence-electron chi connectivity index (χ4n) is 4.79. The highest BCUT2D eigenvalue weighted by Gasteiger charge is 2.54. The van der Waals surface area contributed by atoms with Crippen LogP contribution in [0.2, 0.25) is 0 Å². The number of aromatic nitrogens is 2. The van der Waals surface area contributed by atoms with E-state index in [9.17, 15) is 18.0 Å². The van der Waals surface area contributed by atoms with Gasteiger partial charge in [0.15, 0.2) is 0 Å². The molecular formula is C21H24F3N3O2. The number of hydrogen-bond donors (Lipinski definition) is 0. The van der Waals surface area contributed by atoms with E-state index in [0.29, 0.717) is 23.3 Å². The zero-order valence-electron chi connectivity index (χ0n) is 16.6. The van der Waals surface area contributed by atoms with Gasteiger partial charge in [-0.3, -0.25) is 4.79 Å². The van der Waals surface area contributed by atoms with Gasteiger partial charge in [0, 0.05) is 18.7 Å². The van der Waals surface area contributed by atoms with E-state index in [1.807, 2.05) is 20.9 Å². The SMILES string of the molecule is CC(C)N(C)C(=O)[C@H]1[C@H]2CC[C@H](C2)[C@@H]1c1nc(-c2ccc(C(F)(F)F)cc2)no1. The molecule has 8 heteroatoms. The Morgan fingerprint density at radius 2 is 1.83 bits per heavy atom. The van der Waals surface area contributed by atoms with Crippen LogP contribution in [0, 0.1) is 17.8 Å². The molecule has 4 atom stereocenters. The lowest BCUT2D eigenvalue weighted by molar-refractivity contribution is -0.138. The molecule has 2 bridgehead atoms. The van der Waals surface area contributed by atoms with Crippen LogP contribution in [0.4, 0.5) is 13.2 Å². The number of carbonyl (C=O) groups excluding carboxylic acids is 1. The Kier molecular flexibility index (Phi) is 4.91. The molecule has 0 aliphatic heterocycles. The molecule has 1 aromatic heterocycles. The van der Waals surface area contributed by atoms with Gasteiger partial charge in [-0.2, -0.15) is 18.2 Å². The van der Waals surface area contributed by atoms with Crippen LogP contribution in [0.5, 0.6) is 0 Å². The van der Waals surface area contributed by atoms with E-state index in [1.165, 1.54) is 12.1 Å². The van der Waals surface area contributed by atoms with Gasteiger partial charge in [-0.25, -0.2) is 0 Å². The number of halogens is 3. The van der Waals surface area contributed by atoms with Crippen LogP contribution >= 0.6 is 0 Å². The Balaban J connectivity index is 1.60. The van der Waals surface area contributed by atoms with Gasteiger partial charge in [0.05, 0.1) is 17.4 Å². The van der Waals surface area contributed by atoms with Crippen molar-refractivity contribution in [3.05, 3.63) is 35.7 Å². The van der Waals surface area contributed by atoms with Gasteiger partial charge < -0.3 is 9.42 Å². The monoisotopic (exact) mass is 407 g/mol. The Morgan fingerprint density at radius 3 is 2.45 bits per heavy atom. The summed E-state index contributed by atoms with van der Waals surface area (Å²) >= 11 is 0. The Bertz CT molecular complexity index is 891. The second kappa shape index (κ2) is 7.15. The van der Waals surface area contributed by atoms with E-state index in [-0.39, 0.29) is 29.6 Å². The number of amides is 1. The summed E-state index contributed by atoms with van der Waals surface area (Å²) in [4.78, 5) is 19.3. The molecule has 5 nitrogen and oxygen atoms in total. The smallest absolute Gasteiger partial charge is 0.343 e. The Morgan fingerprint density at radius 1 is 1.17 bits per heavy atom. The average molecular weight is 407 g/mol. The third-order valence-electron chi connectivity index (χ3n) is 6.52. The summed E-state index contributed by atoms with van der Waals surface area (Å²) in [7, 11) is 1.82. The first-order chi connectivity index (χ1) is 13.7. The second-order valence-electron chi connectivity index (χ2n) is 8.46. The van der Waals surface area contributed by atoms with Crippen LogP contribution in [0.3, 0.4) is 0 Å². The molecule has 1 amide bonds. The molecule has 0 saturated heterocycles. The van der Waals surface area contributed by atoms with Crippen LogP contribution in [-0.2, 0) is 11.0 Å². The van der Waals surface area contributed by atoms with Gasteiger partial charge in [-0.15, -0.1) is 0 Å². The van der Waals surface area contributed by atoms with E-state index < -0.39 is 11.7 Å². The first-order valence-corrected chi connectivity index (χ1v) is 9.94. The number of rotatable bonds is 4. The van der Waals surface area contributed by atoms with Crippen molar-refractivity contribution in [2.45, 2.75) is 51.2 Å². The van der Waals surface area contributed by atoms with Crippen molar-refractivity contribution in [2.24, 2.45) is 17.8 Å². The molecule has 0 N–H and O–H groups in total. The van der Waals surface area contributed by atoms with Gasteiger partial charge in [0.2, 0.25) is 17.6 Å². The minimum atomic E-state index is -4.39. The Hall–Kier alpha value is -2.38. The van der Waals surface area contributed by atoms with Crippen molar-refractivity contribution in [3.63, 3.8) is 0 Å². The summed E-state index contributed by atoms with van der Waals surface area (Å²) in [5, 5.41) is 3.99. The van der Waals surface area contributed by atoms with E-state index in [2.05, 4.69) is 10.1 Å². The first-order valence-electron chi connectivity index (χ1n) is 9.94. The molecule has 1 heterocycles. The van der Waals surface area contributed by atoms with Crippen molar-refractivity contribution in [2.75, 3.05) is 7.05 Å². The van der Waals surface area contributed by atoms with Crippen LogP contribution in [0.15, 0.2) is 28.8 Å². The molecule has 0 spiro atoms. The summed E-state index contributed by atoms with van der Waals surface area (Å²) in [6.07, 6.45) is -1.35. The van der Waals surface area contributed by atoms with E-state index in [0.717, 1.165) is 31.4 Å². The highest BCUT2D eigenvalue weighted by atomic mass is 19.4. The second-order valence-corrected chi connectivity index (χ2v) is 8.46. The number of alkyl halides is 3. The van der Waals surface area contributed by atoms with Crippen molar-refractivity contribution in [1.82, 2.24) is 15.0 Å². The lowest BCUT2D eigenvalue weighted by Crippen LogP contribution is -2.42. The van der Waals surface area contributed by atoms with Crippen LogP contribution in [-0.4, -0.2) is 34.0 Å². The molecule has 29 heavy (non-hydrogen) atoms. The maximum atomic E-state index is 13.1. The van der Waals surface area contributed by atoms with Gasteiger partial charge in [-0.05, 0) is 57.1 Å².